The minimum atomic E-state index is -3.50. The van der Waals surface area contributed by atoms with Gasteiger partial charge in [-0.25, -0.2) is 0 Å². The summed E-state index contributed by atoms with van der Waals surface area (Å²) < 4.78 is 26.3. The molecule has 1 rings (SSSR count). The summed E-state index contributed by atoms with van der Waals surface area (Å²) >= 11 is 0. The van der Waals surface area contributed by atoms with Crippen LogP contribution in [0.5, 0.6) is 0 Å². The zero-order chi connectivity index (χ0) is 8.32. The summed E-state index contributed by atoms with van der Waals surface area (Å²) in [5.41, 5.74) is 0. The van der Waals surface area contributed by atoms with Gasteiger partial charge in [-0.3, -0.25) is 4.18 Å². The van der Waals surface area contributed by atoms with Gasteiger partial charge in [0.15, 0.2) is 0 Å². The molecular formula is C7H9NaO3S. The van der Waals surface area contributed by atoms with Crippen molar-refractivity contribution in [1.29, 1.82) is 0 Å². The van der Waals surface area contributed by atoms with Gasteiger partial charge in [0.2, 0.25) is 0 Å². The Morgan fingerprint density at radius 3 is 2.17 bits per heavy atom. The normalized spacial score (nSPS) is 10.4. The minimum Gasteiger partial charge on any atom is -1.00 e. The second kappa shape index (κ2) is 4.99. The first-order chi connectivity index (χ1) is 5.17. The zero-order valence-electron chi connectivity index (χ0n) is 8.02. The van der Waals surface area contributed by atoms with Gasteiger partial charge in [0.25, 0.3) is 10.1 Å². The van der Waals surface area contributed by atoms with Crippen molar-refractivity contribution in [2.24, 2.45) is 0 Å². The van der Waals surface area contributed by atoms with Crippen LogP contribution in [0.2, 0.25) is 0 Å². The molecule has 0 unspecified atom stereocenters. The van der Waals surface area contributed by atoms with Gasteiger partial charge in [0.05, 0.1) is 12.0 Å². The fourth-order valence-corrected chi connectivity index (χ4v) is 1.37. The van der Waals surface area contributed by atoms with Gasteiger partial charge in [0.1, 0.15) is 0 Å². The van der Waals surface area contributed by atoms with E-state index in [-0.39, 0.29) is 35.9 Å². The molecule has 12 heavy (non-hydrogen) atoms. The van der Waals surface area contributed by atoms with Crippen LogP contribution >= 0.6 is 0 Å². The first-order valence-corrected chi connectivity index (χ1v) is 4.43. The summed E-state index contributed by atoms with van der Waals surface area (Å²) in [6.07, 6.45) is 0. The van der Waals surface area contributed by atoms with Crippen LogP contribution in [0.3, 0.4) is 0 Å². The number of rotatable bonds is 2. The first kappa shape index (κ1) is 12.1. The van der Waals surface area contributed by atoms with Gasteiger partial charge < -0.3 is 1.43 Å². The van der Waals surface area contributed by atoms with Crippen molar-refractivity contribution < 1.29 is 43.6 Å². The van der Waals surface area contributed by atoms with Crippen LogP contribution < -0.4 is 29.6 Å². The Labute approximate surface area is 95.6 Å². The number of hydrogen-bond donors (Lipinski definition) is 0. The van der Waals surface area contributed by atoms with Crippen molar-refractivity contribution in [3.05, 3.63) is 30.3 Å². The van der Waals surface area contributed by atoms with Gasteiger partial charge in [0, 0.05) is 0 Å². The topological polar surface area (TPSA) is 43.4 Å². The monoisotopic (exact) mass is 196 g/mol. The Bertz CT molecular complexity index is 325. The third-order valence-electron chi connectivity index (χ3n) is 1.25. The first-order valence-electron chi connectivity index (χ1n) is 3.02. The molecule has 0 radical (unpaired) electrons. The molecule has 3 nitrogen and oxygen atoms in total. The summed E-state index contributed by atoms with van der Waals surface area (Å²) in [7, 11) is -2.36. The molecule has 1 aromatic carbocycles. The molecule has 0 fully saturated rings. The van der Waals surface area contributed by atoms with Crippen LogP contribution in [0.1, 0.15) is 1.43 Å². The van der Waals surface area contributed by atoms with Crippen LogP contribution in [0.4, 0.5) is 0 Å². The fraction of sp³-hybridized carbons (Fsp3) is 0.143. The minimum absolute atomic E-state index is 0. The molecule has 0 aliphatic heterocycles. The van der Waals surface area contributed by atoms with Crippen LogP contribution in [-0.4, -0.2) is 15.5 Å². The van der Waals surface area contributed by atoms with E-state index in [1.807, 2.05) is 0 Å². The van der Waals surface area contributed by atoms with Crippen LogP contribution in [0, 0.1) is 0 Å². The van der Waals surface area contributed by atoms with E-state index in [4.69, 9.17) is 0 Å². The molecule has 0 heterocycles. The van der Waals surface area contributed by atoms with Gasteiger partial charge >= 0.3 is 29.6 Å². The number of hydrogen-bond acceptors (Lipinski definition) is 3. The van der Waals surface area contributed by atoms with Crippen molar-refractivity contribution in [2.75, 3.05) is 7.11 Å². The third kappa shape index (κ3) is 2.88. The quantitative estimate of drug-likeness (QED) is 0.411. The number of benzene rings is 1. The summed E-state index contributed by atoms with van der Waals surface area (Å²) in [5, 5.41) is 0. The Morgan fingerprint density at radius 1 is 1.25 bits per heavy atom. The standard InChI is InChI=1S/C7H8O3S.Na.H/c1-10-11(8,9)7-5-3-2-4-6-7;;/h2-6H,1H3;;/q;+1;-1. The van der Waals surface area contributed by atoms with E-state index in [2.05, 4.69) is 4.18 Å². The Kier molecular flexibility index (Phi) is 5.04. The second-order valence-electron chi connectivity index (χ2n) is 1.93. The molecule has 0 saturated heterocycles. The summed E-state index contributed by atoms with van der Waals surface area (Å²) in [4.78, 5) is 0.183. The molecule has 0 aliphatic rings. The largest absolute Gasteiger partial charge is 1.00 e. The van der Waals surface area contributed by atoms with Gasteiger partial charge in [-0.2, -0.15) is 8.42 Å². The van der Waals surface area contributed by atoms with Crippen molar-refractivity contribution >= 4 is 10.1 Å². The molecule has 0 atom stereocenters. The van der Waals surface area contributed by atoms with E-state index < -0.39 is 10.1 Å². The third-order valence-corrected chi connectivity index (χ3v) is 2.54. The molecule has 0 spiro atoms. The van der Waals surface area contributed by atoms with E-state index in [9.17, 15) is 8.42 Å². The van der Waals surface area contributed by atoms with E-state index in [1.165, 1.54) is 12.1 Å². The molecule has 62 valence electrons. The van der Waals surface area contributed by atoms with E-state index in [0.717, 1.165) is 7.11 Å². The maximum atomic E-state index is 11.0. The van der Waals surface area contributed by atoms with Crippen molar-refractivity contribution in [2.45, 2.75) is 4.90 Å². The predicted octanol–water partition coefficient (Wildman–Crippen LogP) is -1.86. The molecule has 0 bridgehead atoms. The average Bonchev–Trinajstić information content (AvgIpc) is 2.06. The fourth-order valence-electron chi connectivity index (χ4n) is 0.683. The molecule has 0 N–H and O–H groups in total. The summed E-state index contributed by atoms with van der Waals surface area (Å²) in [5.74, 6) is 0. The molecule has 0 amide bonds. The maximum absolute atomic E-state index is 11.0. The van der Waals surface area contributed by atoms with Gasteiger partial charge in [-0.05, 0) is 12.1 Å². The van der Waals surface area contributed by atoms with Gasteiger partial charge in [-0.1, -0.05) is 18.2 Å². The predicted molar refractivity (Wildman–Crippen MR) is 41.7 cm³/mol. The molecule has 5 heteroatoms. The molecule has 1 aromatic rings. The second-order valence-corrected chi connectivity index (χ2v) is 3.65. The molecular weight excluding hydrogens is 187 g/mol. The van der Waals surface area contributed by atoms with E-state index in [0.29, 0.717) is 0 Å². The van der Waals surface area contributed by atoms with Crippen LogP contribution in [0.25, 0.3) is 0 Å². The van der Waals surface area contributed by atoms with E-state index in [1.54, 1.807) is 18.2 Å². The summed E-state index contributed by atoms with van der Waals surface area (Å²) in [6.45, 7) is 0. The SMILES string of the molecule is COS(=O)(=O)c1ccccc1.[H-].[Na+]. The summed E-state index contributed by atoms with van der Waals surface area (Å²) in [6, 6.07) is 8.00. The smallest absolute Gasteiger partial charge is 1.00 e. The van der Waals surface area contributed by atoms with E-state index >= 15 is 0 Å². The maximum Gasteiger partial charge on any atom is 1.00 e. The van der Waals surface area contributed by atoms with Crippen molar-refractivity contribution in [1.82, 2.24) is 0 Å². The van der Waals surface area contributed by atoms with Gasteiger partial charge in [-0.15, -0.1) is 0 Å². The van der Waals surface area contributed by atoms with Crippen LogP contribution in [-0.2, 0) is 14.3 Å². The Hall–Kier alpha value is 0.130. The Morgan fingerprint density at radius 2 is 1.75 bits per heavy atom. The van der Waals surface area contributed by atoms with Crippen molar-refractivity contribution in [3.63, 3.8) is 0 Å². The average molecular weight is 196 g/mol. The molecule has 0 aromatic heterocycles. The van der Waals surface area contributed by atoms with Crippen LogP contribution in [0.15, 0.2) is 35.2 Å². The molecule has 0 saturated carbocycles. The zero-order valence-corrected chi connectivity index (χ0v) is 9.84. The molecule has 0 aliphatic carbocycles. The Balaban J connectivity index is 0. The van der Waals surface area contributed by atoms with Crippen molar-refractivity contribution in [3.8, 4) is 0 Å².